The van der Waals surface area contributed by atoms with Crippen LogP contribution in [0.2, 0.25) is 0 Å². The number of anilines is 1. The number of carbonyl (C=O) groups is 1. The molecule has 5 nitrogen and oxygen atoms in total. The lowest BCUT2D eigenvalue weighted by molar-refractivity contribution is -0.383. The zero-order valence-corrected chi connectivity index (χ0v) is 13.5. The Morgan fingerprint density at radius 3 is 2.46 bits per heavy atom. The van der Waals surface area contributed by atoms with E-state index in [1.807, 2.05) is 0 Å². The van der Waals surface area contributed by atoms with Crippen molar-refractivity contribution in [1.29, 1.82) is 0 Å². The molecular weight excluding hydrogens is 338 g/mol. The Labute approximate surface area is 141 Å². The van der Waals surface area contributed by atoms with Crippen LogP contribution >= 0.6 is 11.8 Å². The standard InChI is InChI=1S/C16H14F2N2O3S/c1-10(16-11(17)5-4-6-12(16)18)24-9-15(21)19-13-7-2-3-8-14(13)20(22)23/h2-8,10H,9H2,1H3,(H,19,21). The molecule has 0 aromatic heterocycles. The molecule has 0 fully saturated rings. The van der Waals surface area contributed by atoms with Gasteiger partial charge >= 0.3 is 0 Å². The van der Waals surface area contributed by atoms with Gasteiger partial charge in [-0.15, -0.1) is 11.8 Å². The highest BCUT2D eigenvalue weighted by Gasteiger charge is 2.19. The number of carbonyl (C=O) groups excluding carboxylic acids is 1. The Bertz CT molecular complexity index is 750. The lowest BCUT2D eigenvalue weighted by Crippen LogP contribution is -2.16. The summed E-state index contributed by atoms with van der Waals surface area (Å²) < 4.78 is 27.4. The molecule has 24 heavy (non-hydrogen) atoms. The minimum atomic E-state index is -0.672. The van der Waals surface area contributed by atoms with Gasteiger partial charge in [0.2, 0.25) is 5.91 Å². The second-order valence-electron chi connectivity index (χ2n) is 4.91. The number of hydrogen-bond donors (Lipinski definition) is 1. The van der Waals surface area contributed by atoms with Gasteiger partial charge in [-0.25, -0.2) is 8.78 Å². The largest absolute Gasteiger partial charge is 0.320 e. The summed E-state index contributed by atoms with van der Waals surface area (Å²) in [4.78, 5) is 22.2. The fourth-order valence-electron chi connectivity index (χ4n) is 2.11. The van der Waals surface area contributed by atoms with Crippen LogP contribution in [-0.2, 0) is 4.79 Å². The first-order valence-corrected chi connectivity index (χ1v) is 8.03. The molecule has 1 unspecified atom stereocenters. The number of hydrogen-bond acceptors (Lipinski definition) is 4. The number of nitrogens with zero attached hydrogens (tertiary/aromatic N) is 1. The topological polar surface area (TPSA) is 72.2 Å². The van der Waals surface area contributed by atoms with Crippen LogP contribution in [0, 0.1) is 21.7 Å². The molecule has 0 saturated carbocycles. The molecule has 1 N–H and O–H groups in total. The summed E-state index contributed by atoms with van der Waals surface area (Å²) in [5, 5.41) is 12.8. The van der Waals surface area contributed by atoms with Crippen molar-refractivity contribution < 1.29 is 18.5 Å². The summed E-state index contributed by atoms with van der Waals surface area (Å²) in [5.74, 6) is -1.93. The van der Waals surface area contributed by atoms with Crippen molar-refractivity contribution in [2.45, 2.75) is 12.2 Å². The lowest BCUT2D eigenvalue weighted by Gasteiger charge is -2.13. The number of nitro benzene ring substituents is 1. The van der Waals surface area contributed by atoms with Crippen molar-refractivity contribution in [1.82, 2.24) is 0 Å². The average Bonchev–Trinajstić information content (AvgIpc) is 2.53. The smallest absolute Gasteiger partial charge is 0.292 e. The minimum absolute atomic E-state index is 0.0813. The summed E-state index contributed by atoms with van der Waals surface area (Å²) in [7, 11) is 0. The van der Waals surface area contributed by atoms with Crippen LogP contribution < -0.4 is 5.32 Å². The minimum Gasteiger partial charge on any atom is -0.320 e. The van der Waals surface area contributed by atoms with Crippen LogP contribution in [0.15, 0.2) is 42.5 Å². The van der Waals surface area contributed by atoms with Crippen molar-refractivity contribution in [2.24, 2.45) is 0 Å². The first kappa shape index (κ1) is 17.9. The number of para-hydroxylation sites is 2. The maximum atomic E-state index is 13.7. The average molecular weight is 352 g/mol. The van der Waals surface area contributed by atoms with Crippen molar-refractivity contribution in [3.05, 3.63) is 69.8 Å². The van der Waals surface area contributed by atoms with E-state index in [1.165, 1.54) is 24.3 Å². The van der Waals surface area contributed by atoms with E-state index in [9.17, 15) is 23.7 Å². The molecule has 0 radical (unpaired) electrons. The van der Waals surface area contributed by atoms with E-state index in [0.717, 1.165) is 23.9 Å². The first-order chi connectivity index (χ1) is 11.4. The number of amides is 1. The van der Waals surface area contributed by atoms with Gasteiger partial charge in [0.25, 0.3) is 5.69 Å². The molecule has 2 aromatic rings. The zero-order chi connectivity index (χ0) is 17.7. The third-order valence-corrected chi connectivity index (χ3v) is 4.41. The molecule has 0 spiro atoms. The maximum Gasteiger partial charge on any atom is 0.292 e. The SMILES string of the molecule is CC(SCC(=O)Nc1ccccc1[N+](=O)[O-])c1c(F)cccc1F. The van der Waals surface area contributed by atoms with E-state index < -0.39 is 27.7 Å². The number of nitrogens with one attached hydrogen (secondary N) is 1. The molecule has 0 aliphatic heterocycles. The predicted octanol–water partition coefficient (Wildman–Crippen LogP) is 4.31. The van der Waals surface area contributed by atoms with Gasteiger partial charge in [0.1, 0.15) is 17.3 Å². The van der Waals surface area contributed by atoms with Crippen molar-refractivity contribution in [3.63, 3.8) is 0 Å². The molecule has 0 aliphatic carbocycles. The maximum absolute atomic E-state index is 13.7. The molecule has 1 amide bonds. The van der Waals surface area contributed by atoms with Gasteiger partial charge in [-0.05, 0) is 25.1 Å². The second kappa shape index (κ2) is 7.87. The highest BCUT2D eigenvalue weighted by Crippen LogP contribution is 2.32. The summed E-state index contributed by atoms with van der Waals surface area (Å²) in [5.41, 5.74) is -0.233. The van der Waals surface area contributed by atoms with Gasteiger partial charge in [0.15, 0.2) is 0 Å². The van der Waals surface area contributed by atoms with Crippen molar-refractivity contribution in [3.8, 4) is 0 Å². The molecule has 0 heterocycles. The summed E-state index contributed by atoms with van der Waals surface area (Å²) in [6.45, 7) is 1.59. The number of benzene rings is 2. The summed E-state index contributed by atoms with van der Waals surface area (Å²) in [6.07, 6.45) is 0. The number of halogens is 2. The summed E-state index contributed by atoms with van der Waals surface area (Å²) in [6, 6.07) is 9.33. The van der Waals surface area contributed by atoms with Crippen molar-refractivity contribution in [2.75, 3.05) is 11.1 Å². The van der Waals surface area contributed by atoms with Crippen LogP contribution in [0.5, 0.6) is 0 Å². The van der Waals surface area contributed by atoms with E-state index in [2.05, 4.69) is 5.32 Å². The van der Waals surface area contributed by atoms with Crippen LogP contribution in [0.4, 0.5) is 20.2 Å². The lowest BCUT2D eigenvalue weighted by atomic mass is 10.1. The van der Waals surface area contributed by atoms with Gasteiger partial charge in [0.05, 0.1) is 10.7 Å². The molecule has 1 atom stereocenters. The third kappa shape index (κ3) is 4.29. The van der Waals surface area contributed by atoms with E-state index in [-0.39, 0.29) is 22.7 Å². The Morgan fingerprint density at radius 1 is 1.21 bits per heavy atom. The molecule has 0 aliphatic rings. The molecular formula is C16H14F2N2O3S. The fraction of sp³-hybridized carbons (Fsp3) is 0.188. The van der Waals surface area contributed by atoms with Crippen LogP contribution in [0.25, 0.3) is 0 Å². The summed E-state index contributed by atoms with van der Waals surface area (Å²) >= 11 is 1.04. The van der Waals surface area contributed by atoms with Crippen LogP contribution in [0.3, 0.4) is 0 Å². The van der Waals surface area contributed by atoms with E-state index in [1.54, 1.807) is 13.0 Å². The molecule has 2 rings (SSSR count). The fourth-order valence-corrected chi connectivity index (χ4v) is 2.97. The van der Waals surface area contributed by atoms with Gasteiger partial charge < -0.3 is 5.32 Å². The second-order valence-corrected chi connectivity index (χ2v) is 6.24. The van der Waals surface area contributed by atoms with Gasteiger partial charge in [-0.3, -0.25) is 14.9 Å². The Balaban J connectivity index is 2.00. The number of nitro groups is 1. The highest BCUT2D eigenvalue weighted by molar-refractivity contribution is 8.00. The molecule has 0 saturated heterocycles. The Morgan fingerprint density at radius 2 is 1.83 bits per heavy atom. The van der Waals surface area contributed by atoms with Crippen LogP contribution in [0.1, 0.15) is 17.7 Å². The first-order valence-electron chi connectivity index (χ1n) is 6.99. The third-order valence-electron chi connectivity index (χ3n) is 3.25. The zero-order valence-electron chi connectivity index (χ0n) is 12.7. The van der Waals surface area contributed by atoms with Gasteiger partial charge in [-0.2, -0.15) is 0 Å². The number of rotatable bonds is 6. The Kier molecular flexibility index (Phi) is 5.86. The predicted molar refractivity (Wildman–Crippen MR) is 89.0 cm³/mol. The van der Waals surface area contributed by atoms with E-state index >= 15 is 0 Å². The molecule has 0 bridgehead atoms. The molecule has 8 heteroatoms. The quantitative estimate of drug-likeness (QED) is 0.621. The Hall–Kier alpha value is -2.48. The van der Waals surface area contributed by atoms with Crippen molar-refractivity contribution >= 4 is 29.0 Å². The molecule has 2 aromatic carbocycles. The van der Waals surface area contributed by atoms with Gasteiger partial charge in [0, 0.05) is 16.9 Å². The van der Waals surface area contributed by atoms with Gasteiger partial charge in [-0.1, -0.05) is 18.2 Å². The highest BCUT2D eigenvalue weighted by atomic mass is 32.2. The van der Waals surface area contributed by atoms with E-state index in [0.29, 0.717) is 0 Å². The monoisotopic (exact) mass is 352 g/mol. The van der Waals surface area contributed by atoms with E-state index in [4.69, 9.17) is 0 Å². The molecule has 126 valence electrons. The van der Waals surface area contributed by atoms with Crippen LogP contribution in [-0.4, -0.2) is 16.6 Å². The normalized spacial score (nSPS) is 11.8. The number of thioether (sulfide) groups is 1.